The van der Waals surface area contributed by atoms with Crippen LogP contribution in [0.3, 0.4) is 0 Å². The first-order valence-electron chi connectivity index (χ1n) is 12.0. The molecule has 0 aliphatic carbocycles. The van der Waals surface area contributed by atoms with E-state index in [2.05, 4.69) is 101 Å². The number of aromatic nitrogens is 1. The molecular formula is C30H29IrN3O2-2. The number of hydrogen-bond acceptors (Lipinski definition) is 4. The topological polar surface area (TPSA) is 48.2 Å². The summed E-state index contributed by atoms with van der Waals surface area (Å²) in [5, 5.41) is 13.6. The molecule has 6 rings (SSSR count). The Hall–Kier alpha value is -3.34. The van der Waals surface area contributed by atoms with E-state index in [9.17, 15) is 4.79 Å². The van der Waals surface area contributed by atoms with E-state index in [-0.39, 0.29) is 31.6 Å². The van der Waals surface area contributed by atoms with Gasteiger partial charge in [-0.2, -0.15) is 18.8 Å². The number of aliphatic hydroxyl groups is 1. The van der Waals surface area contributed by atoms with E-state index >= 15 is 0 Å². The van der Waals surface area contributed by atoms with Crippen LogP contribution >= 0.6 is 0 Å². The van der Waals surface area contributed by atoms with Crippen LogP contribution in [-0.2, 0) is 24.9 Å². The molecule has 3 heterocycles. The predicted octanol–water partition coefficient (Wildman–Crippen LogP) is 7.18. The molecule has 0 fully saturated rings. The molecule has 0 saturated heterocycles. The third kappa shape index (κ3) is 4.71. The second-order valence-electron chi connectivity index (χ2n) is 8.98. The Labute approximate surface area is 225 Å². The van der Waals surface area contributed by atoms with E-state index in [0.29, 0.717) is 0 Å². The second-order valence-corrected chi connectivity index (χ2v) is 8.98. The molecule has 0 bridgehead atoms. The number of hydrogen-bond donors (Lipinski definition) is 1. The molecule has 187 valence electrons. The van der Waals surface area contributed by atoms with Crippen LogP contribution in [-0.4, -0.2) is 26.7 Å². The van der Waals surface area contributed by atoms with Gasteiger partial charge in [-0.05, 0) is 50.7 Å². The first-order chi connectivity index (χ1) is 17.0. The van der Waals surface area contributed by atoms with Gasteiger partial charge in [-0.15, -0.1) is 17.1 Å². The van der Waals surface area contributed by atoms with Crippen molar-refractivity contribution < 1.29 is 30.0 Å². The zero-order chi connectivity index (χ0) is 24.5. The molecule has 1 radical (unpaired) electrons. The summed E-state index contributed by atoms with van der Waals surface area (Å²) in [5.41, 5.74) is 4.89. The van der Waals surface area contributed by atoms with E-state index in [0.717, 1.165) is 12.2 Å². The third-order valence-corrected chi connectivity index (χ3v) is 6.29. The zero-order valence-corrected chi connectivity index (χ0v) is 23.1. The Balaban J connectivity index is 0.000000338. The number of anilines is 1. The summed E-state index contributed by atoms with van der Waals surface area (Å²) in [6.07, 6.45) is 7.85. The Kier molecular flexibility index (Phi) is 7.67. The number of carbonyl (C=O) groups is 1. The Morgan fingerprint density at radius 3 is 2.42 bits per heavy atom. The van der Waals surface area contributed by atoms with Crippen molar-refractivity contribution in [2.75, 3.05) is 11.4 Å². The van der Waals surface area contributed by atoms with Gasteiger partial charge in [0.2, 0.25) is 0 Å². The van der Waals surface area contributed by atoms with E-state index in [1.54, 1.807) is 0 Å². The number of para-hydroxylation sites is 2. The monoisotopic (exact) mass is 656 g/mol. The minimum Gasteiger partial charge on any atom is -0.512 e. The van der Waals surface area contributed by atoms with Crippen LogP contribution in [0.5, 0.6) is 0 Å². The van der Waals surface area contributed by atoms with Gasteiger partial charge in [0.05, 0.1) is 5.76 Å². The van der Waals surface area contributed by atoms with E-state index in [4.69, 9.17) is 5.11 Å². The third-order valence-electron chi connectivity index (χ3n) is 6.29. The molecule has 36 heavy (non-hydrogen) atoms. The standard InChI is InChI=1S/C25H21N3.C5H8O2.Ir/c1-2-3-13-26-14-15-27(17-26)18-11-12-24-22(16-18)21-9-6-8-20-19-7-4-5-10-23(19)28(24)25(20)21;1-4(6)3-5(2)7;/h4-10,12,14-17H,2-3,13H2,1H3;3,6H,1-2H3;/q-2;;/b;4-3-;. The van der Waals surface area contributed by atoms with Gasteiger partial charge in [0.25, 0.3) is 0 Å². The van der Waals surface area contributed by atoms with Crippen LogP contribution < -0.4 is 4.90 Å². The van der Waals surface area contributed by atoms with Crippen molar-refractivity contribution in [1.29, 1.82) is 0 Å². The summed E-state index contributed by atoms with van der Waals surface area (Å²) < 4.78 is 2.40. The second kappa shape index (κ2) is 10.7. The molecule has 6 heteroatoms. The fraction of sp³-hybridized carbons (Fsp3) is 0.200. The van der Waals surface area contributed by atoms with Crippen LogP contribution in [0.2, 0.25) is 0 Å². The van der Waals surface area contributed by atoms with Gasteiger partial charge in [-0.3, -0.25) is 4.79 Å². The number of ketones is 1. The first-order valence-corrected chi connectivity index (χ1v) is 12.0. The van der Waals surface area contributed by atoms with Gasteiger partial charge in [-0.25, -0.2) is 0 Å². The smallest absolute Gasteiger partial charge is 0.155 e. The van der Waals surface area contributed by atoms with Gasteiger partial charge >= 0.3 is 0 Å². The minimum absolute atomic E-state index is 0. The molecule has 1 N–H and O–H groups in total. The van der Waals surface area contributed by atoms with Gasteiger partial charge < -0.3 is 19.3 Å². The Morgan fingerprint density at radius 2 is 1.72 bits per heavy atom. The Bertz CT molecular complexity index is 1580. The largest absolute Gasteiger partial charge is 0.512 e. The number of nitrogens with zero attached hydrogens (tertiary/aromatic N) is 3. The normalized spacial score (nSPS) is 13.6. The molecule has 1 aliphatic rings. The molecular weight excluding hydrogens is 627 g/mol. The number of fused-ring (bicyclic) bond motifs is 6. The van der Waals surface area contributed by atoms with Crippen molar-refractivity contribution in [2.45, 2.75) is 33.6 Å². The summed E-state index contributed by atoms with van der Waals surface area (Å²) in [6.45, 7) is 8.30. The average Bonchev–Trinajstić information content (AvgIpc) is 3.53. The fourth-order valence-electron chi connectivity index (χ4n) is 4.81. The van der Waals surface area contributed by atoms with Gasteiger partial charge in [0, 0.05) is 48.0 Å². The van der Waals surface area contributed by atoms with Crippen LogP contribution in [0.1, 0.15) is 33.6 Å². The summed E-state index contributed by atoms with van der Waals surface area (Å²) in [7, 11) is 0. The number of benzene rings is 3. The van der Waals surface area contributed by atoms with Crippen molar-refractivity contribution in [1.82, 2.24) is 9.30 Å². The van der Waals surface area contributed by atoms with Crippen molar-refractivity contribution in [3.05, 3.63) is 91.6 Å². The molecule has 5 nitrogen and oxygen atoms in total. The van der Waals surface area contributed by atoms with Crippen LogP contribution in [0.4, 0.5) is 5.69 Å². The summed E-state index contributed by atoms with van der Waals surface area (Å²) in [5.74, 6) is -0.0625. The van der Waals surface area contributed by atoms with E-state index in [1.807, 2.05) is 0 Å². The SMILES string of the molecule is CC(=O)/C=C(/C)O.CCCCN1C=CN(c2[c-]cc3c(c2)c2cccc4c5ccccc5n3c24)[CH-]1.[Ir]. The predicted molar refractivity (Wildman–Crippen MR) is 145 cm³/mol. The van der Waals surface area contributed by atoms with Crippen molar-refractivity contribution in [3.8, 4) is 0 Å². The molecule has 3 aromatic carbocycles. The van der Waals surface area contributed by atoms with Crippen molar-refractivity contribution >= 4 is 49.6 Å². The molecule has 2 aromatic heterocycles. The van der Waals surface area contributed by atoms with E-state index < -0.39 is 0 Å². The number of unbranched alkanes of at least 4 members (excludes halogenated alkanes) is 1. The summed E-state index contributed by atoms with van der Waals surface area (Å²) in [4.78, 5) is 14.4. The van der Waals surface area contributed by atoms with Crippen LogP contribution in [0.15, 0.2) is 78.8 Å². The van der Waals surface area contributed by atoms with Crippen LogP contribution in [0, 0.1) is 12.7 Å². The summed E-state index contributed by atoms with van der Waals surface area (Å²) >= 11 is 0. The van der Waals surface area contributed by atoms with Crippen molar-refractivity contribution in [2.24, 2.45) is 0 Å². The summed E-state index contributed by atoms with van der Waals surface area (Å²) in [6, 6.07) is 23.3. The molecule has 5 aromatic rings. The van der Waals surface area contributed by atoms with Crippen molar-refractivity contribution in [3.63, 3.8) is 0 Å². The first kappa shape index (κ1) is 25.7. The minimum atomic E-state index is -0.125. The van der Waals surface area contributed by atoms with Gasteiger partial charge in [-0.1, -0.05) is 55.3 Å². The van der Waals surface area contributed by atoms with E-state index in [1.165, 1.54) is 70.9 Å². The van der Waals surface area contributed by atoms with Gasteiger partial charge in [0.15, 0.2) is 5.78 Å². The number of allylic oxidation sites excluding steroid dienone is 2. The maximum atomic E-state index is 10.0. The molecule has 0 spiro atoms. The quantitative estimate of drug-likeness (QED) is 0.124. The Morgan fingerprint density at radius 1 is 1.00 bits per heavy atom. The fourth-order valence-corrected chi connectivity index (χ4v) is 4.81. The number of carbonyl (C=O) groups excluding carboxylic acids is 1. The van der Waals surface area contributed by atoms with Gasteiger partial charge in [0.1, 0.15) is 0 Å². The molecule has 0 unspecified atom stereocenters. The number of rotatable bonds is 5. The molecule has 0 amide bonds. The van der Waals surface area contributed by atoms with Crippen LogP contribution in [0.25, 0.3) is 38.1 Å². The molecule has 1 aliphatic heterocycles. The number of aliphatic hydroxyl groups excluding tert-OH is 1. The average molecular weight is 656 g/mol. The molecule has 0 atom stereocenters. The zero-order valence-electron chi connectivity index (χ0n) is 20.7. The molecule has 0 saturated carbocycles. The maximum absolute atomic E-state index is 10.0. The maximum Gasteiger partial charge on any atom is 0.155 e.